The van der Waals surface area contributed by atoms with Gasteiger partial charge in [-0.05, 0) is 105 Å². The lowest BCUT2D eigenvalue weighted by molar-refractivity contribution is -0.150. The van der Waals surface area contributed by atoms with Gasteiger partial charge in [-0.25, -0.2) is 0 Å². The highest BCUT2D eigenvalue weighted by atomic mass is 28.4. The van der Waals surface area contributed by atoms with Gasteiger partial charge >= 0.3 is 0 Å². The van der Waals surface area contributed by atoms with E-state index in [0.29, 0.717) is 73.8 Å². The third-order valence-corrected chi connectivity index (χ3v) is 14.8. The normalized spacial score (nSPS) is 25.5. The van der Waals surface area contributed by atoms with Crippen LogP contribution >= 0.6 is 0 Å². The maximum Gasteiger partial charge on any atom is 0.264 e. The van der Waals surface area contributed by atoms with Crippen molar-refractivity contribution in [3.05, 3.63) is 95.6 Å². The molecule has 0 aromatic heterocycles. The van der Waals surface area contributed by atoms with Crippen molar-refractivity contribution < 1.29 is 38.9 Å². The molecule has 3 aromatic rings. The molecule has 3 aromatic carbocycles. The monoisotopic (exact) mass is 796 g/mol. The average Bonchev–Trinajstić information content (AvgIpc) is 3.61. The van der Waals surface area contributed by atoms with Crippen molar-refractivity contribution in [2.24, 2.45) is 5.92 Å². The van der Waals surface area contributed by atoms with E-state index in [4.69, 9.17) is 9.47 Å². The number of ether oxygens (including phenoxy) is 2. The third-order valence-electron chi connectivity index (χ3n) is 12.3. The summed E-state index contributed by atoms with van der Waals surface area (Å²) in [5, 5.41) is 23.1. The molecule has 304 valence electrons. The lowest BCUT2D eigenvalue weighted by atomic mass is 9.82. The quantitative estimate of drug-likeness (QED) is 0.103. The van der Waals surface area contributed by atoms with E-state index in [-0.39, 0.29) is 43.9 Å². The van der Waals surface area contributed by atoms with Crippen LogP contribution in [0.1, 0.15) is 55.4 Å². The lowest BCUT2D eigenvalue weighted by Crippen LogP contribution is -2.49. The summed E-state index contributed by atoms with van der Waals surface area (Å²) >= 11 is 0. The average molecular weight is 797 g/mol. The Hall–Kier alpha value is -4.37. The standard InChI is InChI=1S/C44H56N4O8Si/c1-6-19-46-38-16-14-32(48-37-17-15-34(55-7-2)22-31(37)23-36(42(48)52)45-18-10-11-20-49)24-35(38)44(43(46)53)28(3)41(57(4,5)54)39(56-44)25-40(51)47-26-30-13-9-8-12-29(30)21-33(47)27-50/h6,8-9,12-17,22,24,28,33,36,39,41,45,49-50,54H,1,7,10-11,18-21,23,25-27H2,2-5H3/t28-,33+,36?,39+,41-,44+/m1/s1. The second kappa shape index (κ2) is 16.5. The van der Waals surface area contributed by atoms with E-state index in [0.717, 1.165) is 16.7 Å². The topological polar surface area (TPSA) is 152 Å². The maximum atomic E-state index is 14.9. The number of anilines is 3. The zero-order valence-electron chi connectivity index (χ0n) is 33.4. The second-order valence-corrected chi connectivity index (χ2v) is 20.3. The number of hydrogen-bond donors (Lipinski definition) is 4. The van der Waals surface area contributed by atoms with E-state index in [1.165, 1.54) is 0 Å². The minimum absolute atomic E-state index is 0.0695. The molecule has 4 heterocycles. The van der Waals surface area contributed by atoms with Crippen molar-refractivity contribution in [2.45, 2.75) is 94.9 Å². The minimum atomic E-state index is -3.12. The lowest BCUT2D eigenvalue weighted by Gasteiger charge is -2.37. The molecule has 0 aliphatic carbocycles. The van der Waals surface area contributed by atoms with Gasteiger partial charge in [-0.2, -0.15) is 0 Å². The van der Waals surface area contributed by atoms with Crippen molar-refractivity contribution in [3.8, 4) is 5.75 Å². The van der Waals surface area contributed by atoms with E-state index in [1.807, 2.05) is 87.6 Å². The fourth-order valence-electron chi connectivity index (χ4n) is 9.77. The van der Waals surface area contributed by atoms with Gasteiger partial charge in [-0.3, -0.25) is 19.3 Å². The molecule has 4 aliphatic rings. The molecule has 3 amide bonds. The zero-order chi connectivity index (χ0) is 40.6. The van der Waals surface area contributed by atoms with Gasteiger partial charge in [0, 0.05) is 42.4 Å². The molecule has 1 saturated heterocycles. The van der Waals surface area contributed by atoms with Crippen LogP contribution in [0.4, 0.5) is 17.1 Å². The van der Waals surface area contributed by atoms with Gasteiger partial charge in [0.25, 0.3) is 5.91 Å². The summed E-state index contributed by atoms with van der Waals surface area (Å²) in [7, 11) is -3.12. The minimum Gasteiger partial charge on any atom is -0.494 e. The van der Waals surface area contributed by atoms with Crippen molar-refractivity contribution in [2.75, 3.05) is 42.7 Å². The first-order chi connectivity index (χ1) is 27.4. The molecule has 13 heteroatoms. The Bertz CT molecular complexity index is 2020. The summed E-state index contributed by atoms with van der Waals surface area (Å²) in [6.45, 7) is 12.9. The summed E-state index contributed by atoms with van der Waals surface area (Å²) in [6.07, 6.45) is 3.13. The number of carbonyl (C=O) groups is 3. The second-order valence-electron chi connectivity index (χ2n) is 16.3. The van der Waals surface area contributed by atoms with Gasteiger partial charge in [0.2, 0.25) is 11.8 Å². The number of hydrogen-bond acceptors (Lipinski definition) is 9. The fourth-order valence-corrected chi connectivity index (χ4v) is 12.3. The predicted molar refractivity (Wildman–Crippen MR) is 221 cm³/mol. The molecule has 57 heavy (non-hydrogen) atoms. The number of nitrogens with zero attached hydrogens (tertiary/aromatic N) is 3. The van der Waals surface area contributed by atoms with Crippen molar-refractivity contribution in [1.82, 2.24) is 10.2 Å². The molecule has 0 bridgehead atoms. The van der Waals surface area contributed by atoms with E-state index in [2.05, 4.69) is 11.9 Å². The number of amides is 3. The van der Waals surface area contributed by atoms with Crippen LogP contribution < -0.4 is 19.9 Å². The molecule has 4 aliphatic heterocycles. The highest BCUT2D eigenvalue weighted by molar-refractivity contribution is 6.71. The molecule has 12 nitrogen and oxygen atoms in total. The highest BCUT2D eigenvalue weighted by Gasteiger charge is 2.66. The maximum absolute atomic E-state index is 14.9. The summed E-state index contributed by atoms with van der Waals surface area (Å²) in [6, 6.07) is 18.3. The number of nitrogens with one attached hydrogen (secondary N) is 1. The Morgan fingerprint density at radius 3 is 2.49 bits per heavy atom. The van der Waals surface area contributed by atoms with Crippen molar-refractivity contribution in [3.63, 3.8) is 0 Å². The third kappa shape index (κ3) is 7.34. The number of unbranched alkanes of at least 4 members (excludes halogenated alkanes) is 1. The van der Waals surface area contributed by atoms with Gasteiger partial charge in [-0.1, -0.05) is 37.3 Å². The zero-order valence-corrected chi connectivity index (χ0v) is 34.4. The van der Waals surface area contributed by atoms with Crippen LogP contribution in [0.5, 0.6) is 5.75 Å². The van der Waals surface area contributed by atoms with E-state index >= 15 is 0 Å². The number of fused-ring (bicyclic) bond motifs is 4. The molecule has 0 saturated carbocycles. The molecule has 1 unspecified atom stereocenters. The Labute approximate surface area is 336 Å². The van der Waals surface area contributed by atoms with Gasteiger partial charge in [-0.15, -0.1) is 6.58 Å². The van der Waals surface area contributed by atoms with Gasteiger partial charge in [0.05, 0.1) is 49.2 Å². The number of aliphatic hydroxyl groups is 2. The first-order valence-corrected chi connectivity index (χ1v) is 23.3. The number of aliphatic hydroxyl groups excluding tert-OH is 2. The summed E-state index contributed by atoms with van der Waals surface area (Å²) in [5.74, 6) is -0.478. The van der Waals surface area contributed by atoms with E-state index in [1.54, 1.807) is 20.8 Å². The van der Waals surface area contributed by atoms with Crippen molar-refractivity contribution in [1.29, 1.82) is 0 Å². The van der Waals surface area contributed by atoms with Crippen molar-refractivity contribution >= 4 is 43.1 Å². The van der Waals surface area contributed by atoms with E-state index in [9.17, 15) is 29.4 Å². The molecular weight excluding hydrogens is 741 g/mol. The largest absolute Gasteiger partial charge is 0.494 e. The van der Waals surface area contributed by atoms with Crippen LogP contribution in [-0.4, -0.2) is 97.0 Å². The summed E-state index contributed by atoms with van der Waals surface area (Å²) in [5.41, 5.74) is 3.48. The van der Waals surface area contributed by atoms with Gasteiger partial charge in [0.1, 0.15) is 5.75 Å². The number of benzene rings is 3. The summed E-state index contributed by atoms with van der Waals surface area (Å²) in [4.78, 5) is 60.7. The van der Waals surface area contributed by atoms with Crippen LogP contribution in [0.3, 0.4) is 0 Å². The molecule has 0 radical (unpaired) electrons. The molecule has 7 rings (SSSR count). The van der Waals surface area contributed by atoms with Gasteiger partial charge in [0.15, 0.2) is 13.9 Å². The van der Waals surface area contributed by atoms with Crippen LogP contribution in [-0.2, 0) is 44.1 Å². The predicted octanol–water partition coefficient (Wildman–Crippen LogP) is 4.70. The molecule has 6 atom stereocenters. The van der Waals surface area contributed by atoms with Gasteiger partial charge < -0.3 is 39.6 Å². The molecule has 4 N–H and O–H groups in total. The first kappa shape index (κ1) is 40.8. The number of rotatable bonds is 14. The number of carbonyl (C=O) groups excluding carboxylic acids is 3. The first-order valence-electron chi connectivity index (χ1n) is 20.3. The highest BCUT2D eigenvalue weighted by Crippen LogP contribution is 2.60. The van der Waals surface area contributed by atoms with Crippen LogP contribution in [0.15, 0.2) is 73.3 Å². The Kier molecular flexibility index (Phi) is 11.8. The molecule has 1 spiro atoms. The van der Waals surface area contributed by atoms with Crippen LogP contribution in [0.25, 0.3) is 0 Å². The summed E-state index contributed by atoms with van der Waals surface area (Å²) < 4.78 is 12.9. The Morgan fingerprint density at radius 1 is 1.04 bits per heavy atom. The Balaban J connectivity index is 1.28. The smallest absolute Gasteiger partial charge is 0.264 e. The molecular formula is C44H56N4O8Si. The SMILES string of the molecule is C=CCN1C(=O)[C@@]2(O[C@@H](CC(=O)N3Cc4ccccc4C[C@H]3CO)[C@H]([Si](C)(C)O)[C@H]2C)c2cc(N3C(=O)C(NCCCCO)Cc4cc(OCC)ccc43)ccc21. The van der Waals surface area contributed by atoms with Crippen LogP contribution in [0.2, 0.25) is 18.6 Å². The van der Waals surface area contributed by atoms with Crippen LogP contribution in [0, 0.1) is 5.92 Å². The molecule has 1 fully saturated rings. The fraction of sp³-hybridized carbons (Fsp3) is 0.477. The Morgan fingerprint density at radius 2 is 1.79 bits per heavy atom. The van der Waals surface area contributed by atoms with E-state index < -0.39 is 43.6 Å².